The number of rotatable bonds is 1. The van der Waals surface area contributed by atoms with Gasteiger partial charge >= 0.3 is 5.97 Å². The fourth-order valence-corrected chi connectivity index (χ4v) is 5.22. The summed E-state index contributed by atoms with van der Waals surface area (Å²) in [6, 6.07) is 5.76. The molecular formula is C23H37N5O2. The van der Waals surface area contributed by atoms with Crippen molar-refractivity contribution in [3.63, 3.8) is 0 Å². The number of pyridine rings is 1. The van der Waals surface area contributed by atoms with Crippen LogP contribution >= 0.6 is 0 Å². The zero-order chi connectivity index (χ0) is 20.8. The molecule has 7 nitrogen and oxygen atoms in total. The second-order valence-electron chi connectivity index (χ2n) is 9.01. The third-order valence-corrected chi connectivity index (χ3v) is 6.79. The Bertz CT molecular complexity index is 713. The summed E-state index contributed by atoms with van der Waals surface area (Å²) < 4.78 is 5.45. The molecule has 4 N–H and O–H groups in total. The summed E-state index contributed by atoms with van der Waals surface area (Å²) >= 11 is 0. The summed E-state index contributed by atoms with van der Waals surface area (Å²) in [6.45, 7) is 4.80. The maximum absolute atomic E-state index is 11.6. The number of hydrogen-bond donors (Lipinski definition) is 4. The smallest absolute Gasteiger partial charge is 0.308 e. The van der Waals surface area contributed by atoms with Gasteiger partial charge in [0, 0.05) is 57.3 Å². The first-order chi connectivity index (χ1) is 14.7. The molecule has 166 valence electrons. The van der Waals surface area contributed by atoms with Crippen LogP contribution in [0.4, 0.5) is 0 Å². The van der Waals surface area contributed by atoms with E-state index in [1.807, 2.05) is 12.1 Å². The van der Waals surface area contributed by atoms with Crippen molar-refractivity contribution in [2.45, 2.75) is 95.5 Å². The number of nitrogens with zero attached hydrogens (tertiary/aromatic N) is 1. The second kappa shape index (κ2) is 10.7. The van der Waals surface area contributed by atoms with Crippen LogP contribution in [0, 0.1) is 0 Å². The lowest BCUT2D eigenvalue weighted by Crippen LogP contribution is -2.53. The van der Waals surface area contributed by atoms with Crippen molar-refractivity contribution >= 4 is 5.97 Å². The minimum Gasteiger partial charge on any atom is -0.425 e. The normalized spacial score (nSPS) is 30.8. The summed E-state index contributed by atoms with van der Waals surface area (Å²) in [5.74, 6) is 0.267. The largest absolute Gasteiger partial charge is 0.425 e. The molecule has 2 aliphatic carbocycles. The highest BCUT2D eigenvalue weighted by Crippen LogP contribution is 2.23. The summed E-state index contributed by atoms with van der Waals surface area (Å²) in [4.78, 5) is 16.4. The highest BCUT2D eigenvalue weighted by atomic mass is 16.5. The maximum atomic E-state index is 11.6. The van der Waals surface area contributed by atoms with Gasteiger partial charge in [0.05, 0.1) is 11.4 Å². The number of hydrogen-bond acceptors (Lipinski definition) is 7. The molecule has 30 heavy (non-hydrogen) atoms. The monoisotopic (exact) mass is 415 g/mol. The SMILES string of the molecule is CC(=O)Oc1ccc2nc1CN[C@@H]1CCCC[C@H]1NCCN[C@@H]1CCCC[C@H]1NC2. The van der Waals surface area contributed by atoms with Gasteiger partial charge in [-0.2, -0.15) is 0 Å². The van der Waals surface area contributed by atoms with Crippen molar-refractivity contribution in [2.24, 2.45) is 0 Å². The van der Waals surface area contributed by atoms with E-state index < -0.39 is 0 Å². The highest BCUT2D eigenvalue weighted by molar-refractivity contribution is 5.69. The van der Waals surface area contributed by atoms with Gasteiger partial charge in [0.2, 0.25) is 0 Å². The minimum absolute atomic E-state index is 0.303. The zero-order valence-corrected chi connectivity index (χ0v) is 18.2. The Labute approximate surface area is 180 Å². The van der Waals surface area contributed by atoms with Crippen LogP contribution in [0.3, 0.4) is 0 Å². The van der Waals surface area contributed by atoms with Crippen LogP contribution in [-0.4, -0.2) is 48.2 Å². The van der Waals surface area contributed by atoms with E-state index >= 15 is 0 Å². The van der Waals surface area contributed by atoms with Crippen LogP contribution in [-0.2, 0) is 17.9 Å². The van der Waals surface area contributed by atoms with E-state index in [1.165, 1.54) is 58.3 Å². The Morgan fingerprint density at radius 3 is 1.93 bits per heavy atom. The number of carbonyl (C=O) groups is 1. The first-order valence-electron chi connectivity index (χ1n) is 11.8. The first-order valence-corrected chi connectivity index (χ1v) is 11.8. The first kappa shape index (κ1) is 21.7. The lowest BCUT2D eigenvalue weighted by Gasteiger charge is -2.34. The van der Waals surface area contributed by atoms with Crippen LogP contribution in [0.2, 0.25) is 0 Å². The lowest BCUT2D eigenvalue weighted by atomic mass is 9.89. The predicted molar refractivity (Wildman–Crippen MR) is 117 cm³/mol. The number of fused-ring (bicyclic) bond motifs is 4. The van der Waals surface area contributed by atoms with Crippen LogP contribution < -0.4 is 26.0 Å². The Balaban J connectivity index is 1.55. The van der Waals surface area contributed by atoms with Crippen LogP contribution in [0.1, 0.15) is 69.7 Å². The van der Waals surface area contributed by atoms with Crippen molar-refractivity contribution in [3.8, 4) is 5.75 Å². The van der Waals surface area contributed by atoms with Gasteiger partial charge in [-0.15, -0.1) is 0 Å². The quantitative estimate of drug-likeness (QED) is 0.522. The van der Waals surface area contributed by atoms with E-state index in [-0.39, 0.29) is 5.97 Å². The molecular weight excluding hydrogens is 378 g/mol. The summed E-state index contributed by atoms with van der Waals surface area (Å²) in [6.07, 6.45) is 9.93. The number of esters is 1. The van der Waals surface area contributed by atoms with E-state index in [2.05, 4.69) is 21.3 Å². The van der Waals surface area contributed by atoms with Gasteiger partial charge in [0.25, 0.3) is 0 Å². The minimum atomic E-state index is -0.303. The molecule has 4 atom stereocenters. The molecule has 0 radical (unpaired) electrons. The maximum Gasteiger partial charge on any atom is 0.308 e. The fourth-order valence-electron chi connectivity index (χ4n) is 5.22. The average Bonchev–Trinajstić information content (AvgIpc) is 2.76. The number of ether oxygens (including phenoxy) is 1. The molecule has 1 aromatic heterocycles. The molecule has 0 spiro atoms. The average molecular weight is 416 g/mol. The van der Waals surface area contributed by atoms with Crippen molar-refractivity contribution in [3.05, 3.63) is 23.5 Å². The van der Waals surface area contributed by atoms with Crippen molar-refractivity contribution in [1.82, 2.24) is 26.3 Å². The molecule has 3 aliphatic rings. The van der Waals surface area contributed by atoms with E-state index in [4.69, 9.17) is 9.72 Å². The van der Waals surface area contributed by atoms with Crippen LogP contribution in [0.5, 0.6) is 5.75 Å². The Kier molecular flexibility index (Phi) is 7.71. The van der Waals surface area contributed by atoms with Crippen molar-refractivity contribution < 1.29 is 9.53 Å². The lowest BCUT2D eigenvalue weighted by molar-refractivity contribution is -0.131. The third kappa shape index (κ3) is 5.78. The van der Waals surface area contributed by atoms with Gasteiger partial charge in [-0.05, 0) is 37.8 Å². The number of aromatic nitrogens is 1. The molecule has 2 bridgehead atoms. The van der Waals surface area contributed by atoms with Crippen LogP contribution in [0.15, 0.2) is 12.1 Å². The van der Waals surface area contributed by atoms with Gasteiger partial charge in [-0.25, -0.2) is 0 Å². The molecule has 0 unspecified atom stereocenters. The van der Waals surface area contributed by atoms with E-state index in [0.29, 0.717) is 36.5 Å². The molecule has 2 heterocycles. The molecule has 7 heteroatoms. The second-order valence-corrected chi connectivity index (χ2v) is 9.01. The fraction of sp³-hybridized carbons (Fsp3) is 0.739. The Morgan fingerprint density at radius 1 is 0.833 bits per heavy atom. The van der Waals surface area contributed by atoms with Crippen molar-refractivity contribution in [2.75, 3.05) is 13.1 Å². The zero-order valence-electron chi connectivity index (χ0n) is 18.2. The standard InChI is InChI=1S/C23H37N5O2/c1-16(29)30-23-11-10-17-14-26-20-8-4-2-6-18(20)24-12-13-25-19-7-3-5-9-21(19)27-15-22(23)28-17/h10-11,18-21,24-27H,2-9,12-15H2,1H3/t18-,19-,20-,21-/m1/s1. The summed E-state index contributed by atoms with van der Waals surface area (Å²) in [5.41, 5.74) is 1.82. The van der Waals surface area contributed by atoms with Gasteiger partial charge in [0.15, 0.2) is 5.75 Å². The summed E-state index contributed by atoms with van der Waals surface area (Å²) in [5, 5.41) is 15.0. The molecule has 2 fully saturated rings. The third-order valence-electron chi connectivity index (χ3n) is 6.79. The Morgan fingerprint density at radius 2 is 1.37 bits per heavy atom. The number of nitrogens with one attached hydrogen (secondary N) is 4. The molecule has 0 amide bonds. The predicted octanol–water partition coefficient (Wildman–Crippen LogP) is 2.00. The molecule has 0 saturated heterocycles. The van der Waals surface area contributed by atoms with Crippen molar-refractivity contribution in [1.29, 1.82) is 0 Å². The molecule has 4 rings (SSSR count). The van der Waals surface area contributed by atoms with E-state index in [9.17, 15) is 4.79 Å². The van der Waals surface area contributed by atoms with Crippen LogP contribution in [0.25, 0.3) is 0 Å². The molecule has 1 aliphatic heterocycles. The van der Waals surface area contributed by atoms with E-state index in [1.54, 1.807) is 0 Å². The highest BCUT2D eigenvalue weighted by Gasteiger charge is 2.27. The number of carbonyl (C=O) groups excluding carboxylic acids is 1. The summed E-state index contributed by atoms with van der Waals surface area (Å²) in [7, 11) is 0. The van der Waals surface area contributed by atoms with E-state index in [0.717, 1.165) is 31.0 Å². The Hall–Kier alpha value is -1.54. The molecule has 0 aromatic carbocycles. The molecule has 2 saturated carbocycles. The van der Waals surface area contributed by atoms with Gasteiger partial charge in [-0.1, -0.05) is 25.7 Å². The van der Waals surface area contributed by atoms with Gasteiger partial charge in [0.1, 0.15) is 0 Å². The van der Waals surface area contributed by atoms with Gasteiger partial charge < -0.3 is 26.0 Å². The van der Waals surface area contributed by atoms with Gasteiger partial charge in [-0.3, -0.25) is 9.78 Å². The topological polar surface area (TPSA) is 87.3 Å². The molecule has 1 aromatic rings.